The second kappa shape index (κ2) is 28.3. The summed E-state index contributed by atoms with van der Waals surface area (Å²) in [7, 11) is 0. The predicted molar refractivity (Wildman–Crippen MR) is 252 cm³/mol. The van der Waals surface area contributed by atoms with Crippen LogP contribution >= 0.6 is 0 Å². The molecule has 0 aliphatic heterocycles. The molecule has 4 atom stereocenters. The summed E-state index contributed by atoms with van der Waals surface area (Å²) in [4.78, 5) is 0. The minimum absolute atomic E-state index is 0.0305. The molecule has 3 aromatic carbocycles. The van der Waals surface area contributed by atoms with Gasteiger partial charge in [0.05, 0.1) is 0 Å². The second-order valence-corrected chi connectivity index (χ2v) is 18.9. The molecule has 0 bridgehead atoms. The van der Waals surface area contributed by atoms with Crippen LogP contribution in [-0.4, -0.2) is 35.4 Å². The number of hydrogen-bond donors (Lipinski definition) is 0. The van der Waals surface area contributed by atoms with Crippen LogP contribution in [0.2, 0.25) is 0 Å². The van der Waals surface area contributed by atoms with Crippen LogP contribution in [0.25, 0.3) is 0 Å². The van der Waals surface area contributed by atoms with Crippen LogP contribution in [0, 0.1) is 11.8 Å². The Labute approximate surface area is 367 Å². The molecule has 3 rings (SSSR count). The number of aryl methyl sites for hydroxylation is 2. The molecule has 0 aliphatic rings. The van der Waals surface area contributed by atoms with E-state index in [4.69, 9.17) is 0 Å². The third-order valence-electron chi connectivity index (χ3n) is 13.9. The van der Waals surface area contributed by atoms with E-state index >= 15 is 0 Å². The SMILES string of the molecule is [Li][C](CC(C)CC)(c1ccc(CCCCCCCCCCCC)cc1)c1cccc([C]([Li])(CC(C)CC)c2ccc(CCCCCCCCCCCC)cc2)c1. The van der Waals surface area contributed by atoms with Crippen LogP contribution in [0.1, 0.15) is 229 Å². The van der Waals surface area contributed by atoms with Crippen molar-refractivity contribution in [1.29, 1.82) is 0 Å². The van der Waals surface area contributed by atoms with E-state index in [2.05, 4.69) is 150 Å². The summed E-state index contributed by atoms with van der Waals surface area (Å²) >= 11 is 5.06. The molecule has 0 spiro atoms. The molecule has 0 saturated heterocycles. The molecule has 4 unspecified atom stereocenters. The zero-order chi connectivity index (χ0) is 40.5. The molecule has 2 heteroatoms. The van der Waals surface area contributed by atoms with Gasteiger partial charge >= 0.3 is 305 Å². The topological polar surface area (TPSA) is 0 Å². The van der Waals surface area contributed by atoms with Gasteiger partial charge in [0.15, 0.2) is 0 Å². The number of unbranched alkanes of at least 4 members (excludes halogenated alkanes) is 18. The van der Waals surface area contributed by atoms with Gasteiger partial charge in [0, 0.05) is 0 Å². The molecule has 0 amide bonds. The first kappa shape index (κ1) is 49.2. The van der Waals surface area contributed by atoms with Crippen molar-refractivity contribution in [3.63, 3.8) is 0 Å². The van der Waals surface area contributed by atoms with Crippen molar-refractivity contribution in [2.45, 2.75) is 217 Å². The fourth-order valence-corrected chi connectivity index (χ4v) is 9.40. The monoisotopic (exact) mass is 747 g/mol. The quantitative estimate of drug-likeness (QED) is 0.0441. The molecule has 0 nitrogen and oxygen atoms in total. The van der Waals surface area contributed by atoms with Crippen molar-refractivity contribution in [1.82, 2.24) is 0 Å². The van der Waals surface area contributed by atoms with Gasteiger partial charge in [0.25, 0.3) is 0 Å². The Bertz CT molecular complexity index is 1300. The molecule has 0 fully saturated rings. The average Bonchev–Trinajstić information content (AvgIpc) is 3.22. The summed E-state index contributed by atoms with van der Waals surface area (Å²) in [5.74, 6) is 1.31. The normalized spacial score (nSPS) is 15.0. The maximum absolute atomic E-state index is 2.61. The summed E-state index contributed by atoms with van der Waals surface area (Å²) < 4.78 is -0.0609. The number of hydrogen-bond acceptors (Lipinski definition) is 0. The minimum atomic E-state index is -0.0305. The van der Waals surface area contributed by atoms with Gasteiger partial charge < -0.3 is 0 Å². The first-order valence-electron chi connectivity index (χ1n) is 24.5. The van der Waals surface area contributed by atoms with Gasteiger partial charge in [-0.15, -0.1) is 0 Å². The van der Waals surface area contributed by atoms with Crippen molar-refractivity contribution >= 4 is 35.4 Å². The van der Waals surface area contributed by atoms with Crippen molar-refractivity contribution in [3.8, 4) is 0 Å². The van der Waals surface area contributed by atoms with Gasteiger partial charge in [-0.2, -0.15) is 0 Å². The van der Waals surface area contributed by atoms with Crippen LogP contribution < -0.4 is 0 Å². The van der Waals surface area contributed by atoms with Crippen LogP contribution in [0.4, 0.5) is 0 Å². The van der Waals surface area contributed by atoms with Crippen LogP contribution in [0.15, 0.2) is 72.8 Å². The molecule has 0 aromatic heterocycles. The van der Waals surface area contributed by atoms with Gasteiger partial charge in [0.2, 0.25) is 0 Å². The third kappa shape index (κ3) is 17.2. The van der Waals surface area contributed by atoms with E-state index in [-0.39, 0.29) is 8.18 Å². The zero-order valence-corrected chi connectivity index (χ0v) is 38.5. The van der Waals surface area contributed by atoms with Crippen LogP contribution in [-0.2, 0) is 21.0 Å². The van der Waals surface area contributed by atoms with Gasteiger partial charge in [-0.1, -0.05) is 65.2 Å². The fourth-order valence-electron chi connectivity index (χ4n) is 9.40. The summed E-state index contributed by atoms with van der Waals surface area (Å²) in [6.07, 6.45) is 35.1. The van der Waals surface area contributed by atoms with Gasteiger partial charge in [0.1, 0.15) is 0 Å². The van der Waals surface area contributed by atoms with Crippen molar-refractivity contribution in [2.75, 3.05) is 0 Å². The van der Waals surface area contributed by atoms with Crippen LogP contribution in [0.5, 0.6) is 0 Å². The van der Waals surface area contributed by atoms with Gasteiger partial charge in [-0.25, -0.2) is 0 Å². The Balaban J connectivity index is 1.71. The Morgan fingerprint density at radius 2 is 0.696 bits per heavy atom. The van der Waals surface area contributed by atoms with E-state index in [0.29, 0.717) is 11.8 Å². The van der Waals surface area contributed by atoms with Crippen molar-refractivity contribution in [3.05, 3.63) is 106 Å². The summed E-state index contributed by atoms with van der Waals surface area (Å²) in [6, 6.07) is 29.6. The second-order valence-electron chi connectivity index (χ2n) is 18.9. The summed E-state index contributed by atoms with van der Waals surface area (Å²) in [5.41, 5.74) is 8.91. The standard InChI is InChI=1S/C54H84.2Li/c1-7-11-13-15-17-19-21-23-25-27-30-47-34-38-49(39-35-47)53(42-45(5)9-3)51-32-29-33-52(44-51)54(43-46(6)10-4)50-40-36-48(37-41-50)31-28-26-24-22-20-18-16-14-12-8-2;;/h29,32-41,44-46H,7-28,30-31,42-43H2,1-6H3;;. The van der Waals surface area contributed by atoms with Crippen LogP contribution in [0.3, 0.4) is 0 Å². The molecule has 0 N–H and O–H groups in total. The van der Waals surface area contributed by atoms with Crippen molar-refractivity contribution < 1.29 is 0 Å². The van der Waals surface area contributed by atoms with E-state index in [1.165, 1.54) is 200 Å². The Morgan fingerprint density at radius 3 is 1.00 bits per heavy atom. The van der Waals surface area contributed by atoms with E-state index in [1.807, 2.05) is 0 Å². The predicted octanol–water partition coefficient (Wildman–Crippen LogP) is 16.3. The average molecular weight is 747 g/mol. The molecule has 0 aliphatic carbocycles. The fraction of sp³-hybridized carbons (Fsp3) is 0.667. The molecule has 0 heterocycles. The number of benzene rings is 3. The summed E-state index contributed by atoms with van der Waals surface area (Å²) in [5, 5.41) is 0. The number of rotatable bonds is 32. The maximum atomic E-state index is 2.61. The molecule has 3 aromatic rings. The first-order chi connectivity index (χ1) is 27.2. The molecule has 0 radical (unpaired) electrons. The van der Waals surface area contributed by atoms with Gasteiger partial charge in [-0.3, -0.25) is 0 Å². The Morgan fingerprint density at radius 1 is 0.393 bits per heavy atom. The Hall–Kier alpha value is -1.15. The zero-order valence-electron chi connectivity index (χ0n) is 38.5. The van der Waals surface area contributed by atoms with E-state index < -0.39 is 0 Å². The Kier molecular flexibility index (Phi) is 24.9. The van der Waals surface area contributed by atoms with E-state index in [1.54, 1.807) is 0 Å². The molecular formula is C54H84Li2. The van der Waals surface area contributed by atoms with Crippen molar-refractivity contribution in [2.24, 2.45) is 11.8 Å². The summed E-state index contributed by atoms with van der Waals surface area (Å²) in [6.45, 7) is 14.2. The van der Waals surface area contributed by atoms with Gasteiger partial charge in [-0.05, 0) is 0 Å². The third-order valence-corrected chi connectivity index (χ3v) is 13.9. The molecule has 56 heavy (non-hydrogen) atoms. The first-order valence-corrected chi connectivity index (χ1v) is 24.5. The molecule has 302 valence electrons. The molecule has 0 saturated carbocycles. The molecular weight excluding hydrogens is 662 g/mol. The van der Waals surface area contributed by atoms with E-state index in [9.17, 15) is 0 Å². The van der Waals surface area contributed by atoms with E-state index in [0.717, 1.165) is 0 Å².